The fourth-order valence-electron chi connectivity index (χ4n) is 3.34. The summed E-state index contributed by atoms with van der Waals surface area (Å²) in [5.41, 5.74) is 0. The van der Waals surface area contributed by atoms with Crippen LogP contribution in [0, 0.1) is 0 Å². The molecule has 2 amide bonds. The van der Waals surface area contributed by atoms with Gasteiger partial charge in [-0.25, -0.2) is 4.79 Å². The van der Waals surface area contributed by atoms with Gasteiger partial charge in [0.05, 0.1) is 6.61 Å². The second-order valence-corrected chi connectivity index (χ2v) is 6.48. The molecule has 0 spiro atoms. The number of nitrogens with one attached hydrogen (secondary N) is 1. The van der Waals surface area contributed by atoms with Crippen LogP contribution in [0.15, 0.2) is 0 Å². The molecular formula is C17H32N4O3. The van der Waals surface area contributed by atoms with E-state index in [-0.39, 0.29) is 12.0 Å². The van der Waals surface area contributed by atoms with Crippen LogP contribution in [0.3, 0.4) is 0 Å². The summed E-state index contributed by atoms with van der Waals surface area (Å²) in [5.74, 6) is 0.252. The fourth-order valence-corrected chi connectivity index (χ4v) is 3.34. The minimum atomic E-state index is -0.211. The molecule has 1 N–H and O–H groups in total. The third-order valence-corrected chi connectivity index (χ3v) is 4.97. The van der Waals surface area contributed by atoms with Gasteiger partial charge in [-0.3, -0.25) is 4.79 Å². The van der Waals surface area contributed by atoms with E-state index in [0.717, 1.165) is 65.2 Å². The van der Waals surface area contributed by atoms with E-state index in [1.165, 1.54) is 0 Å². The zero-order chi connectivity index (χ0) is 17.4. The number of likely N-dealkylation sites (tertiary alicyclic amines) is 1. The summed E-state index contributed by atoms with van der Waals surface area (Å²) in [5, 5.41) is 3.47. The molecule has 7 nitrogen and oxygen atoms in total. The van der Waals surface area contributed by atoms with E-state index in [9.17, 15) is 9.59 Å². The Morgan fingerprint density at radius 3 is 2.25 bits per heavy atom. The first-order valence-electron chi connectivity index (χ1n) is 9.29. The summed E-state index contributed by atoms with van der Waals surface area (Å²) in [4.78, 5) is 30.0. The van der Waals surface area contributed by atoms with Crippen molar-refractivity contribution < 1.29 is 14.3 Å². The van der Waals surface area contributed by atoms with Crippen LogP contribution in [0.4, 0.5) is 4.79 Å². The van der Waals surface area contributed by atoms with Gasteiger partial charge in [-0.2, -0.15) is 0 Å². The number of piperazine rings is 1. The molecule has 2 saturated heterocycles. The Morgan fingerprint density at radius 1 is 1.00 bits per heavy atom. The summed E-state index contributed by atoms with van der Waals surface area (Å²) in [6.07, 6.45) is 2.19. The third kappa shape index (κ3) is 5.63. The predicted molar refractivity (Wildman–Crippen MR) is 92.9 cm³/mol. The highest BCUT2D eigenvalue weighted by Gasteiger charge is 2.24. The van der Waals surface area contributed by atoms with Crippen molar-refractivity contribution in [2.24, 2.45) is 0 Å². The number of amides is 2. The zero-order valence-corrected chi connectivity index (χ0v) is 15.1. The third-order valence-electron chi connectivity index (χ3n) is 4.97. The predicted octanol–water partition coefficient (Wildman–Crippen LogP) is 0.751. The quantitative estimate of drug-likeness (QED) is 0.773. The van der Waals surface area contributed by atoms with Crippen LogP contribution < -0.4 is 5.32 Å². The number of rotatable bonds is 6. The van der Waals surface area contributed by atoms with Crippen LogP contribution >= 0.6 is 0 Å². The molecule has 2 rings (SSSR count). The average molecular weight is 340 g/mol. The molecule has 0 aromatic carbocycles. The highest BCUT2D eigenvalue weighted by atomic mass is 16.6. The molecule has 2 aliphatic rings. The van der Waals surface area contributed by atoms with Crippen LogP contribution in [-0.2, 0) is 9.53 Å². The van der Waals surface area contributed by atoms with Gasteiger partial charge in [0.15, 0.2) is 0 Å². The van der Waals surface area contributed by atoms with E-state index in [0.29, 0.717) is 19.1 Å². The summed E-state index contributed by atoms with van der Waals surface area (Å²) in [7, 11) is 0. The lowest BCUT2D eigenvalue weighted by atomic mass is 10.1. The maximum absolute atomic E-state index is 12.2. The molecule has 0 aliphatic carbocycles. The molecule has 0 bridgehead atoms. The van der Waals surface area contributed by atoms with Crippen molar-refractivity contribution in [3.05, 3.63) is 0 Å². The van der Waals surface area contributed by atoms with Gasteiger partial charge < -0.3 is 24.8 Å². The van der Waals surface area contributed by atoms with Gasteiger partial charge in [0, 0.05) is 58.3 Å². The fraction of sp³-hybridized carbons (Fsp3) is 0.882. The van der Waals surface area contributed by atoms with Crippen molar-refractivity contribution in [3.8, 4) is 0 Å². The van der Waals surface area contributed by atoms with Gasteiger partial charge in [0.2, 0.25) is 5.91 Å². The summed E-state index contributed by atoms with van der Waals surface area (Å²) < 4.78 is 5.02. The van der Waals surface area contributed by atoms with E-state index >= 15 is 0 Å². The maximum atomic E-state index is 12.2. The van der Waals surface area contributed by atoms with E-state index in [1.54, 1.807) is 4.90 Å². The van der Waals surface area contributed by atoms with Crippen LogP contribution in [0.25, 0.3) is 0 Å². The molecule has 7 heteroatoms. The van der Waals surface area contributed by atoms with Gasteiger partial charge in [-0.05, 0) is 26.3 Å². The van der Waals surface area contributed by atoms with Gasteiger partial charge in [-0.15, -0.1) is 0 Å². The Bertz CT molecular complexity index is 403. The molecule has 24 heavy (non-hydrogen) atoms. The summed E-state index contributed by atoms with van der Waals surface area (Å²) in [6.45, 7) is 11.3. The number of ether oxygens (including phenoxy) is 1. The first kappa shape index (κ1) is 19.0. The minimum absolute atomic E-state index is 0.211. The van der Waals surface area contributed by atoms with E-state index in [4.69, 9.17) is 4.74 Å². The van der Waals surface area contributed by atoms with E-state index < -0.39 is 0 Å². The first-order valence-corrected chi connectivity index (χ1v) is 9.29. The number of hydrogen-bond acceptors (Lipinski definition) is 5. The molecule has 2 aliphatic heterocycles. The van der Waals surface area contributed by atoms with Gasteiger partial charge in [-0.1, -0.05) is 6.92 Å². The highest BCUT2D eigenvalue weighted by molar-refractivity contribution is 5.76. The van der Waals surface area contributed by atoms with Crippen molar-refractivity contribution >= 4 is 12.0 Å². The molecule has 0 radical (unpaired) electrons. The van der Waals surface area contributed by atoms with Crippen molar-refractivity contribution in [2.75, 3.05) is 59.0 Å². The van der Waals surface area contributed by atoms with E-state index in [1.807, 2.05) is 11.8 Å². The molecule has 0 aromatic rings. The summed E-state index contributed by atoms with van der Waals surface area (Å²) >= 11 is 0. The summed E-state index contributed by atoms with van der Waals surface area (Å²) in [6, 6.07) is 0.389. The standard InChI is InChI=1S/C17H32N4O3/c1-3-19-11-13-20(14-12-19)16(22)5-8-18-15-6-9-21(10-7-15)17(23)24-4-2/h15,18H,3-14H2,1-2H3. The number of likely N-dealkylation sites (N-methyl/N-ethyl adjacent to an activating group) is 1. The molecule has 2 heterocycles. The van der Waals surface area contributed by atoms with Crippen molar-refractivity contribution in [3.63, 3.8) is 0 Å². The lowest BCUT2D eigenvalue weighted by molar-refractivity contribution is -0.132. The normalized spacial score (nSPS) is 20.2. The van der Waals surface area contributed by atoms with Crippen LogP contribution in [0.5, 0.6) is 0 Å². The Morgan fingerprint density at radius 2 is 1.67 bits per heavy atom. The van der Waals surface area contributed by atoms with Crippen molar-refractivity contribution in [2.45, 2.75) is 39.2 Å². The first-order chi connectivity index (χ1) is 11.6. The van der Waals surface area contributed by atoms with E-state index in [2.05, 4.69) is 17.1 Å². The number of piperidine rings is 1. The zero-order valence-electron chi connectivity index (χ0n) is 15.1. The average Bonchev–Trinajstić information content (AvgIpc) is 2.62. The molecule has 0 atom stereocenters. The second-order valence-electron chi connectivity index (χ2n) is 6.48. The smallest absolute Gasteiger partial charge is 0.409 e. The lowest BCUT2D eigenvalue weighted by Gasteiger charge is -2.34. The molecule has 0 saturated carbocycles. The second kappa shape index (κ2) is 9.84. The SMILES string of the molecule is CCOC(=O)N1CCC(NCCC(=O)N2CCN(CC)CC2)CC1. The topological polar surface area (TPSA) is 65.1 Å². The molecule has 0 aromatic heterocycles. The monoisotopic (exact) mass is 340 g/mol. The molecule has 138 valence electrons. The largest absolute Gasteiger partial charge is 0.450 e. The van der Waals surface area contributed by atoms with Crippen LogP contribution in [-0.4, -0.2) is 91.7 Å². The molecular weight excluding hydrogens is 308 g/mol. The number of carbonyl (C=O) groups excluding carboxylic acids is 2. The Balaban J connectivity index is 1.58. The van der Waals surface area contributed by atoms with Gasteiger partial charge >= 0.3 is 6.09 Å². The van der Waals surface area contributed by atoms with Gasteiger partial charge in [0.1, 0.15) is 0 Å². The number of carbonyl (C=O) groups is 2. The molecule has 2 fully saturated rings. The minimum Gasteiger partial charge on any atom is -0.450 e. The Labute approximate surface area is 145 Å². The lowest BCUT2D eigenvalue weighted by Crippen LogP contribution is -2.49. The Kier molecular flexibility index (Phi) is 7.78. The number of nitrogens with zero attached hydrogens (tertiary/aromatic N) is 3. The van der Waals surface area contributed by atoms with Crippen LogP contribution in [0.2, 0.25) is 0 Å². The number of hydrogen-bond donors (Lipinski definition) is 1. The van der Waals surface area contributed by atoms with Crippen molar-refractivity contribution in [1.82, 2.24) is 20.0 Å². The molecule has 0 unspecified atom stereocenters. The highest BCUT2D eigenvalue weighted by Crippen LogP contribution is 2.11. The van der Waals surface area contributed by atoms with Crippen molar-refractivity contribution in [1.29, 1.82) is 0 Å². The Hall–Kier alpha value is -1.34. The van der Waals surface area contributed by atoms with Crippen LogP contribution in [0.1, 0.15) is 33.1 Å². The van der Waals surface area contributed by atoms with Gasteiger partial charge in [0.25, 0.3) is 0 Å². The maximum Gasteiger partial charge on any atom is 0.409 e.